The van der Waals surface area contributed by atoms with Crippen LogP contribution >= 0.6 is 11.3 Å². The molecule has 2 aromatic rings. The average Bonchev–Trinajstić information content (AvgIpc) is 2.93. The first-order valence-corrected chi connectivity index (χ1v) is 8.46. The quantitative estimate of drug-likeness (QED) is 0.715. The zero-order valence-corrected chi connectivity index (χ0v) is 14.8. The Hall–Kier alpha value is -2.69. The summed E-state index contributed by atoms with van der Waals surface area (Å²) >= 11 is 1.22. The van der Waals surface area contributed by atoms with Gasteiger partial charge in [0.2, 0.25) is 5.91 Å². The fraction of sp³-hybridized carbons (Fsp3) is 0.312. The molecule has 6 nitrogen and oxygen atoms in total. The lowest BCUT2D eigenvalue weighted by molar-refractivity contribution is -0.160. The van der Waals surface area contributed by atoms with E-state index in [1.807, 2.05) is 5.32 Å². The van der Waals surface area contributed by atoms with Gasteiger partial charge in [0.15, 0.2) is 11.7 Å². The third-order valence-corrected chi connectivity index (χ3v) is 4.04. The lowest BCUT2D eigenvalue weighted by Crippen LogP contribution is -2.31. The molecule has 2 amide bonds. The van der Waals surface area contributed by atoms with E-state index in [1.165, 1.54) is 23.5 Å². The fourth-order valence-corrected chi connectivity index (χ4v) is 2.84. The van der Waals surface area contributed by atoms with E-state index in [2.05, 4.69) is 15.0 Å². The van der Waals surface area contributed by atoms with Crippen LogP contribution in [0.25, 0.3) is 11.3 Å². The zero-order chi connectivity index (χ0) is 20.0. The van der Waals surface area contributed by atoms with Crippen LogP contribution in [-0.4, -0.2) is 36.3 Å². The molecule has 27 heavy (non-hydrogen) atoms. The first-order chi connectivity index (χ1) is 12.6. The molecule has 0 aliphatic carbocycles. The highest BCUT2D eigenvalue weighted by Crippen LogP contribution is 2.30. The standard InChI is InChI=1S/C16H15F4N3O3S/c1-9-13(10-2-4-11(17)5-3-10)23-14(27-9)22-12(24)6-7-21-15(25)26-8-16(18,19)20/h2-5H,6-8H2,1H3,(H,21,25)(H,22,23,24). The number of benzene rings is 1. The van der Waals surface area contributed by atoms with Crippen molar-refractivity contribution in [3.8, 4) is 11.3 Å². The molecule has 2 rings (SSSR count). The van der Waals surface area contributed by atoms with Crippen LogP contribution < -0.4 is 10.6 Å². The number of alkyl carbamates (subject to hydrolysis) is 1. The number of aromatic nitrogens is 1. The van der Waals surface area contributed by atoms with Crippen LogP contribution in [0.15, 0.2) is 24.3 Å². The molecule has 1 aromatic carbocycles. The van der Waals surface area contributed by atoms with Crippen LogP contribution in [0, 0.1) is 12.7 Å². The van der Waals surface area contributed by atoms with Crippen molar-refractivity contribution in [1.82, 2.24) is 10.3 Å². The number of hydrogen-bond donors (Lipinski definition) is 2. The smallest absolute Gasteiger partial charge is 0.422 e. The molecule has 2 N–H and O–H groups in total. The van der Waals surface area contributed by atoms with Gasteiger partial charge in [0.25, 0.3) is 0 Å². The highest BCUT2D eigenvalue weighted by molar-refractivity contribution is 7.16. The lowest BCUT2D eigenvalue weighted by Gasteiger charge is -2.08. The first kappa shape index (κ1) is 20.6. The number of amides is 2. The minimum atomic E-state index is -4.61. The maximum atomic E-state index is 13.0. The predicted molar refractivity (Wildman–Crippen MR) is 90.9 cm³/mol. The summed E-state index contributed by atoms with van der Waals surface area (Å²) in [5, 5.41) is 4.90. The van der Waals surface area contributed by atoms with E-state index in [1.54, 1.807) is 19.1 Å². The minimum Gasteiger partial charge on any atom is -0.440 e. The number of ether oxygens (including phenoxy) is 1. The number of rotatable bonds is 6. The van der Waals surface area contributed by atoms with Crippen LogP contribution in [0.4, 0.5) is 27.5 Å². The van der Waals surface area contributed by atoms with Crippen molar-refractivity contribution in [1.29, 1.82) is 0 Å². The van der Waals surface area contributed by atoms with Gasteiger partial charge in [0.05, 0.1) is 5.69 Å². The number of alkyl halides is 3. The van der Waals surface area contributed by atoms with Crippen LogP contribution in [0.2, 0.25) is 0 Å². The molecule has 11 heteroatoms. The summed E-state index contributed by atoms with van der Waals surface area (Å²) in [6, 6.07) is 5.74. The summed E-state index contributed by atoms with van der Waals surface area (Å²) in [6.45, 7) is -0.0997. The van der Waals surface area contributed by atoms with E-state index in [0.29, 0.717) is 16.4 Å². The first-order valence-electron chi connectivity index (χ1n) is 7.64. The van der Waals surface area contributed by atoms with Crippen molar-refractivity contribution in [2.45, 2.75) is 19.5 Å². The van der Waals surface area contributed by atoms with Gasteiger partial charge in [-0.15, -0.1) is 11.3 Å². The molecule has 0 spiro atoms. The van der Waals surface area contributed by atoms with Gasteiger partial charge < -0.3 is 15.4 Å². The molecule has 0 fully saturated rings. The van der Waals surface area contributed by atoms with Crippen molar-refractivity contribution >= 4 is 28.5 Å². The number of nitrogens with one attached hydrogen (secondary N) is 2. The zero-order valence-electron chi connectivity index (χ0n) is 14.0. The van der Waals surface area contributed by atoms with Crippen LogP contribution in [-0.2, 0) is 9.53 Å². The SMILES string of the molecule is Cc1sc(NC(=O)CCNC(=O)OCC(F)(F)F)nc1-c1ccc(F)cc1. The summed E-state index contributed by atoms with van der Waals surface area (Å²) in [4.78, 5) is 28.0. The fourth-order valence-electron chi connectivity index (χ4n) is 1.98. The van der Waals surface area contributed by atoms with Crippen molar-refractivity contribution in [3.05, 3.63) is 35.0 Å². The molecule has 0 aliphatic heterocycles. The minimum absolute atomic E-state index is 0.175. The third kappa shape index (κ3) is 6.85. The maximum absolute atomic E-state index is 13.0. The number of nitrogens with zero attached hydrogens (tertiary/aromatic N) is 1. The number of halogens is 4. The molecular weight excluding hydrogens is 390 g/mol. The second-order valence-electron chi connectivity index (χ2n) is 5.35. The Morgan fingerprint density at radius 2 is 1.89 bits per heavy atom. The molecular formula is C16H15F4N3O3S. The van der Waals surface area contributed by atoms with Gasteiger partial charge in [-0.05, 0) is 31.2 Å². The molecule has 0 saturated carbocycles. The maximum Gasteiger partial charge on any atom is 0.422 e. The highest BCUT2D eigenvalue weighted by atomic mass is 32.1. The molecule has 0 atom stereocenters. The van der Waals surface area contributed by atoms with E-state index in [-0.39, 0.29) is 18.8 Å². The average molecular weight is 405 g/mol. The molecule has 0 bridgehead atoms. The number of anilines is 1. The van der Waals surface area contributed by atoms with E-state index >= 15 is 0 Å². The Morgan fingerprint density at radius 3 is 2.52 bits per heavy atom. The molecule has 1 heterocycles. The van der Waals surface area contributed by atoms with E-state index in [9.17, 15) is 27.2 Å². The summed E-state index contributed by atoms with van der Waals surface area (Å²) in [5.74, 6) is -0.855. The summed E-state index contributed by atoms with van der Waals surface area (Å²) in [5.41, 5.74) is 1.30. The second kappa shape index (κ2) is 8.80. The Bertz CT molecular complexity index is 806. The monoisotopic (exact) mass is 405 g/mol. The molecule has 0 aliphatic rings. The van der Waals surface area contributed by atoms with Crippen molar-refractivity contribution < 1.29 is 31.9 Å². The normalized spacial score (nSPS) is 11.1. The molecule has 1 aromatic heterocycles. The Kier molecular flexibility index (Phi) is 6.72. The Balaban J connectivity index is 1.82. The summed E-state index contributed by atoms with van der Waals surface area (Å²) in [6.07, 6.45) is -6.05. The van der Waals surface area contributed by atoms with Crippen LogP contribution in [0.5, 0.6) is 0 Å². The second-order valence-corrected chi connectivity index (χ2v) is 6.55. The van der Waals surface area contributed by atoms with Crippen molar-refractivity contribution in [3.63, 3.8) is 0 Å². The van der Waals surface area contributed by atoms with Gasteiger partial charge in [-0.25, -0.2) is 14.2 Å². The lowest BCUT2D eigenvalue weighted by atomic mass is 10.1. The number of thiazole rings is 1. The Labute approximate surface area is 155 Å². The highest BCUT2D eigenvalue weighted by Gasteiger charge is 2.29. The number of aryl methyl sites for hydroxylation is 1. The van der Waals surface area contributed by atoms with Gasteiger partial charge in [0, 0.05) is 23.4 Å². The van der Waals surface area contributed by atoms with Gasteiger partial charge in [-0.3, -0.25) is 4.79 Å². The Morgan fingerprint density at radius 1 is 1.22 bits per heavy atom. The third-order valence-electron chi connectivity index (χ3n) is 3.15. The molecule has 0 radical (unpaired) electrons. The van der Waals surface area contributed by atoms with E-state index in [4.69, 9.17) is 0 Å². The molecule has 0 unspecified atom stereocenters. The molecule has 0 saturated heterocycles. The van der Waals surface area contributed by atoms with Crippen LogP contribution in [0.3, 0.4) is 0 Å². The van der Waals surface area contributed by atoms with Crippen molar-refractivity contribution in [2.24, 2.45) is 0 Å². The number of carbonyl (C=O) groups excluding carboxylic acids is 2. The topological polar surface area (TPSA) is 80.3 Å². The summed E-state index contributed by atoms with van der Waals surface area (Å²) < 4.78 is 52.6. The summed E-state index contributed by atoms with van der Waals surface area (Å²) in [7, 11) is 0. The number of hydrogen-bond acceptors (Lipinski definition) is 5. The largest absolute Gasteiger partial charge is 0.440 e. The molecule has 146 valence electrons. The van der Waals surface area contributed by atoms with Gasteiger partial charge in [-0.1, -0.05) is 0 Å². The van der Waals surface area contributed by atoms with Crippen LogP contribution in [0.1, 0.15) is 11.3 Å². The van der Waals surface area contributed by atoms with Gasteiger partial charge in [0.1, 0.15) is 5.82 Å². The van der Waals surface area contributed by atoms with Crippen molar-refractivity contribution in [2.75, 3.05) is 18.5 Å². The van der Waals surface area contributed by atoms with Gasteiger partial charge in [-0.2, -0.15) is 13.2 Å². The van der Waals surface area contributed by atoms with E-state index in [0.717, 1.165) is 4.88 Å². The number of carbonyl (C=O) groups is 2. The predicted octanol–water partition coefficient (Wildman–Crippen LogP) is 3.87. The van der Waals surface area contributed by atoms with Gasteiger partial charge >= 0.3 is 12.3 Å². The van der Waals surface area contributed by atoms with E-state index < -0.39 is 24.8 Å².